The van der Waals surface area contributed by atoms with Gasteiger partial charge < -0.3 is 0 Å². The van der Waals surface area contributed by atoms with E-state index in [1.807, 2.05) is 12.1 Å². The summed E-state index contributed by atoms with van der Waals surface area (Å²) in [5.74, 6) is 0. The first kappa shape index (κ1) is 11.8. The second-order valence-corrected chi connectivity index (χ2v) is 7.09. The number of hydrogen-bond donors (Lipinski definition) is 0. The quantitative estimate of drug-likeness (QED) is 0.763. The first-order valence-electron chi connectivity index (χ1n) is 6.10. The van der Waals surface area contributed by atoms with E-state index in [4.69, 9.17) is 0 Å². The molecule has 1 aromatic rings. The average Bonchev–Trinajstić information content (AvgIpc) is 2.29. The molecule has 0 heterocycles. The first-order valence-corrected chi connectivity index (χ1v) is 7.25. The van der Waals surface area contributed by atoms with Crippen molar-refractivity contribution in [3.05, 3.63) is 29.8 Å². The van der Waals surface area contributed by atoms with Crippen molar-refractivity contribution in [3.63, 3.8) is 0 Å². The van der Waals surface area contributed by atoms with Crippen molar-refractivity contribution < 1.29 is 4.21 Å². The van der Waals surface area contributed by atoms with Crippen molar-refractivity contribution >= 4 is 10.8 Å². The fraction of sp³-hybridized carbons (Fsp3) is 0.571. The van der Waals surface area contributed by atoms with Gasteiger partial charge >= 0.3 is 0 Å². The van der Waals surface area contributed by atoms with Crippen LogP contribution in [0.2, 0.25) is 0 Å². The molecule has 2 rings (SSSR count). The molecular formula is C14H20OS. The Balaban J connectivity index is 2.24. The lowest BCUT2D eigenvalue weighted by Crippen LogP contribution is -2.33. The van der Waals surface area contributed by atoms with E-state index in [2.05, 4.69) is 26.0 Å². The van der Waals surface area contributed by atoms with Gasteiger partial charge in [-0.3, -0.25) is 4.21 Å². The van der Waals surface area contributed by atoms with Crippen LogP contribution in [0.4, 0.5) is 0 Å². The molecule has 88 valence electrons. The normalized spacial score (nSPS) is 21.6. The average molecular weight is 236 g/mol. The maximum atomic E-state index is 12.6. The van der Waals surface area contributed by atoms with Gasteiger partial charge in [-0.25, -0.2) is 0 Å². The van der Waals surface area contributed by atoms with Crippen LogP contribution in [0, 0.1) is 6.92 Å². The topological polar surface area (TPSA) is 17.1 Å². The molecule has 1 atom stereocenters. The van der Waals surface area contributed by atoms with Crippen molar-refractivity contribution in [1.82, 2.24) is 0 Å². The highest BCUT2D eigenvalue weighted by Crippen LogP contribution is 2.35. The number of rotatable bonds is 2. The van der Waals surface area contributed by atoms with Crippen molar-refractivity contribution in [3.8, 4) is 0 Å². The van der Waals surface area contributed by atoms with Crippen LogP contribution in [-0.4, -0.2) is 8.96 Å². The van der Waals surface area contributed by atoms with Crippen LogP contribution in [0.5, 0.6) is 0 Å². The Morgan fingerprint density at radius 1 is 1.19 bits per heavy atom. The van der Waals surface area contributed by atoms with Gasteiger partial charge in [0.1, 0.15) is 0 Å². The number of aryl methyl sites for hydroxylation is 1. The van der Waals surface area contributed by atoms with Crippen LogP contribution < -0.4 is 0 Å². The maximum Gasteiger partial charge on any atom is 0.0589 e. The summed E-state index contributed by atoms with van der Waals surface area (Å²) < 4.78 is 12.6. The monoisotopic (exact) mass is 236 g/mol. The lowest BCUT2D eigenvalue weighted by molar-refractivity contribution is 0.410. The lowest BCUT2D eigenvalue weighted by atomic mass is 9.90. The molecule has 0 saturated heterocycles. The zero-order valence-corrected chi connectivity index (χ0v) is 11.0. The predicted octanol–water partition coefficient (Wildman–Crippen LogP) is 3.83. The maximum absolute atomic E-state index is 12.6. The molecule has 1 aromatic carbocycles. The Hall–Kier alpha value is -0.630. The van der Waals surface area contributed by atoms with Crippen molar-refractivity contribution in [2.24, 2.45) is 0 Å². The van der Waals surface area contributed by atoms with Crippen molar-refractivity contribution in [2.45, 2.75) is 55.6 Å². The summed E-state index contributed by atoms with van der Waals surface area (Å²) in [6, 6.07) is 8.14. The minimum Gasteiger partial charge on any atom is -0.254 e. The minimum atomic E-state index is -0.846. The smallest absolute Gasteiger partial charge is 0.0589 e. The molecule has 0 amide bonds. The summed E-state index contributed by atoms with van der Waals surface area (Å²) in [5, 5.41) is 0. The molecule has 2 heteroatoms. The Morgan fingerprint density at radius 3 is 2.50 bits per heavy atom. The van der Waals surface area contributed by atoms with E-state index in [1.165, 1.54) is 24.8 Å². The number of benzene rings is 1. The Labute approximate surface area is 101 Å². The second kappa shape index (κ2) is 4.70. The van der Waals surface area contributed by atoms with Crippen LogP contribution in [0.1, 0.15) is 44.6 Å². The second-order valence-electron chi connectivity index (χ2n) is 5.10. The summed E-state index contributed by atoms with van der Waals surface area (Å²) in [6.07, 6.45) is 5.98. The SMILES string of the molecule is Cc1cccc(S(=O)C2(C)CCCCC2)c1. The molecule has 1 nitrogen and oxygen atoms in total. The number of hydrogen-bond acceptors (Lipinski definition) is 1. The van der Waals surface area contributed by atoms with Gasteiger partial charge in [-0.2, -0.15) is 0 Å². The summed E-state index contributed by atoms with van der Waals surface area (Å²) >= 11 is 0. The third kappa shape index (κ3) is 2.37. The van der Waals surface area contributed by atoms with Crippen LogP contribution in [-0.2, 0) is 10.8 Å². The van der Waals surface area contributed by atoms with Gasteiger partial charge in [0, 0.05) is 9.64 Å². The van der Waals surface area contributed by atoms with Crippen LogP contribution in [0.25, 0.3) is 0 Å². The predicted molar refractivity (Wildman–Crippen MR) is 69.1 cm³/mol. The fourth-order valence-electron chi connectivity index (χ4n) is 2.50. The Kier molecular flexibility index (Phi) is 3.48. The summed E-state index contributed by atoms with van der Waals surface area (Å²) in [5.41, 5.74) is 1.20. The summed E-state index contributed by atoms with van der Waals surface area (Å²) in [6.45, 7) is 4.24. The molecule has 0 aliphatic heterocycles. The van der Waals surface area contributed by atoms with Gasteiger partial charge in [-0.15, -0.1) is 0 Å². The highest BCUT2D eigenvalue weighted by Gasteiger charge is 2.33. The highest BCUT2D eigenvalue weighted by molar-refractivity contribution is 7.86. The van der Waals surface area contributed by atoms with E-state index in [0.29, 0.717) is 0 Å². The molecule has 0 aromatic heterocycles. The molecule has 1 unspecified atom stereocenters. The van der Waals surface area contributed by atoms with Crippen molar-refractivity contribution in [2.75, 3.05) is 0 Å². The van der Waals surface area contributed by atoms with Crippen LogP contribution >= 0.6 is 0 Å². The lowest BCUT2D eigenvalue weighted by Gasteiger charge is -2.32. The van der Waals surface area contributed by atoms with E-state index >= 15 is 0 Å². The Morgan fingerprint density at radius 2 is 1.88 bits per heavy atom. The molecule has 16 heavy (non-hydrogen) atoms. The standard InChI is InChI=1S/C14H20OS/c1-12-7-6-8-13(11-12)16(15)14(2)9-4-3-5-10-14/h6-8,11H,3-5,9-10H2,1-2H3. The van der Waals surface area contributed by atoms with Crippen molar-refractivity contribution in [1.29, 1.82) is 0 Å². The zero-order valence-electron chi connectivity index (χ0n) is 10.2. The Bertz CT molecular complexity index is 391. The van der Waals surface area contributed by atoms with Gasteiger partial charge in [-0.05, 0) is 44.4 Å². The van der Waals surface area contributed by atoms with Gasteiger partial charge in [0.2, 0.25) is 0 Å². The fourth-order valence-corrected chi connectivity index (χ4v) is 4.22. The van der Waals surface area contributed by atoms with E-state index in [9.17, 15) is 4.21 Å². The van der Waals surface area contributed by atoms with E-state index in [1.54, 1.807) is 0 Å². The van der Waals surface area contributed by atoms with E-state index < -0.39 is 10.8 Å². The summed E-state index contributed by atoms with van der Waals surface area (Å²) in [7, 11) is -0.846. The van der Waals surface area contributed by atoms with Gasteiger partial charge in [0.05, 0.1) is 10.8 Å². The largest absolute Gasteiger partial charge is 0.254 e. The highest BCUT2D eigenvalue weighted by atomic mass is 32.2. The molecule has 1 aliphatic rings. The molecule has 0 bridgehead atoms. The summed E-state index contributed by atoms with van der Waals surface area (Å²) in [4.78, 5) is 1.00. The third-order valence-corrected chi connectivity index (χ3v) is 5.55. The van der Waals surface area contributed by atoms with E-state index in [-0.39, 0.29) is 4.75 Å². The third-order valence-electron chi connectivity index (χ3n) is 3.56. The van der Waals surface area contributed by atoms with Gasteiger partial charge in [0.25, 0.3) is 0 Å². The van der Waals surface area contributed by atoms with Gasteiger partial charge in [0.15, 0.2) is 0 Å². The molecule has 1 saturated carbocycles. The van der Waals surface area contributed by atoms with Crippen LogP contribution in [0.3, 0.4) is 0 Å². The van der Waals surface area contributed by atoms with Crippen LogP contribution in [0.15, 0.2) is 29.2 Å². The first-order chi connectivity index (χ1) is 7.62. The molecule has 1 aliphatic carbocycles. The molecule has 1 fully saturated rings. The minimum absolute atomic E-state index is 0.00600. The molecule has 0 N–H and O–H groups in total. The molecular weight excluding hydrogens is 216 g/mol. The van der Waals surface area contributed by atoms with Gasteiger partial charge in [-0.1, -0.05) is 31.4 Å². The zero-order chi connectivity index (χ0) is 11.6. The molecule has 0 radical (unpaired) electrons. The van der Waals surface area contributed by atoms with E-state index in [0.717, 1.165) is 17.7 Å². The molecule has 0 spiro atoms.